The quantitative estimate of drug-likeness (QED) is 0.577. The van der Waals surface area contributed by atoms with Crippen molar-refractivity contribution in [2.24, 2.45) is 17.4 Å². The van der Waals surface area contributed by atoms with Crippen LogP contribution < -0.4 is 11.5 Å². The Morgan fingerprint density at radius 2 is 1.82 bits per heavy atom. The Morgan fingerprint density at radius 1 is 1.18 bits per heavy atom. The number of primary amides is 1. The van der Waals surface area contributed by atoms with Crippen LogP contribution in [0.15, 0.2) is 0 Å². The molecule has 2 amide bonds. The number of amides is 2. The van der Waals surface area contributed by atoms with Crippen LogP contribution in [0.5, 0.6) is 0 Å². The molecule has 0 heterocycles. The molecular formula is C12H25N3O2. The van der Waals surface area contributed by atoms with Crippen molar-refractivity contribution in [1.82, 2.24) is 4.90 Å². The fourth-order valence-electron chi connectivity index (χ4n) is 1.64. The Balaban J connectivity index is 4.08. The van der Waals surface area contributed by atoms with Crippen molar-refractivity contribution in [3.8, 4) is 0 Å². The van der Waals surface area contributed by atoms with Crippen LogP contribution in [0.4, 0.5) is 0 Å². The highest BCUT2D eigenvalue weighted by Crippen LogP contribution is 2.05. The first-order valence-electron chi connectivity index (χ1n) is 6.23. The third-order valence-electron chi connectivity index (χ3n) is 2.38. The maximum absolute atomic E-state index is 11.9. The van der Waals surface area contributed by atoms with E-state index in [4.69, 9.17) is 11.5 Å². The van der Waals surface area contributed by atoms with Crippen LogP contribution >= 0.6 is 0 Å². The van der Waals surface area contributed by atoms with Gasteiger partial charge in [-0.05, 0) is 25.3 Å². The van der Waals surface area contributed by atoms with E-state index < -0.39 is 5.91 Å². The summed E-state index contributed by atoms with van der Waals surface area (Å²) in [7, 11) is 0. The van der Waals surface area contributed by atoms with Crippen LogP contribution in [0.3, 0.4) is 0 Å². The second-order valence-electron chi connectivity index (χ2n) is 4.73. The number of nitrogens with zero attached hydrogens (tertiary/aromatic N) is 1. The van der Waals surface area contributed by atoms with E-state index >= 15 is 0 Å². The van der Waals surface area contributed by atoms with Gasteiger partial charge in [0.2, 0.25) is 11.8 Å². The summed E-state index contributed by atoms with van der Waals surface area (Å²) in [5, 5.41) is 0. The van der Waals surface area contributed by atoms with E-state index in [1.165, 1.54) is 0 Å². The molecule has 0 saturated carbocycles. The number of carbonyl (C=O) groups excluding carboxylic acids is 2. The fraction of sp³-hybridized carbons (Fsp3) is 0.833. The minimum absolute atomic E-state index is 0.00882. The average molecular weight is 243 g/mol. The van der Waals surface area contributed by atoms with Crippen LogP contribution in [0.25, 0.3) is 0 Å². The molecule has 100 valence electrons. The third-order valence-corrected chi connectivity index (χ3v) is 2.38. The standard InChI is InChI=1S/C12H25N3O2/c1-10(2)8-15(9-11(14)16)12(17)6-4-3-5-7-13/h10H,3-9,13H2,1-2H3,(H2,14,16). The van der Waals surface area contributed by atoms with E-state index in [9.17, 15) is 9.59 Å². The summed E-state index contributed by atoms with van der Waals surface area (Å²) in [6, 6.07) is 0. The number of carbonyl (C=O) groups is 2. The number of hydrogen-bond donors (Lipinski definition) is 2. The van der Waals surface area contributed by atoms with E-state index in [0.717, 1.165) is 19.3 Å². The molecule has 17 heavy (non-hydrogen) atoms. The molecule has 0 spiro atoms. The molecule has 0 aliphatic rings. The molecule has 4 N–H and O–H groups in total. The summed E-state index contributed by atoms with van der Waals surface area (Å²) in [6.07, 6.45) is 3.19. The van der Waals surface area contributed by atoms with Gasteiger partial charge in [-0.25, -0.2) is 0 Å². The smallest absolute Gasteiger partial charge is 0.237 e. The van der Waals surface area contributed by atoms with Crippen LogP contribution in [0, 0.1) is 5.92 Å². The van der Waals surface area contributed by atoms with Gasteiger partial charge < -0.3 is 16.4 Å². The van der Waals surface area contributed by atoms with Gasteiger partial charge in [-0.1, -0.05) is 20.3 Å². The molecule has 0 aliphatic heterocycles. The second-order valence-corrected chi connectivity index (χ2v) is 4.73. The summed E-state index contributed by atoms with van der Waals surface area (Å²) < 4.78 is 0. The highest BCUT2D eigenvalue weighted by molar-refractivity contribution is 5.83. The van der Waals surface area contributed by atoms with Gasteiger partial charge in [0, 0.05) is 13.0 Å². The molecule has 0 aromatic carbocycles. The predicted molar refractivity (Wildman–Crippen MR) is 68.1 cm³/mol. The molecule has 0 rings (SSSR count). The molecule has 0 aromatic heterocycles. The normalized spacial score (nSPS) is 10.6. The Kier molecular flexibility index (Phi) is 8.40. The third kappa shape index (κ3) is 8.68. The maximum Gasteiger partial charge on any atom is 0.237 e. The molecule has 0 fully saturated rings. The lowest BCUT2D eigenvalue weighted by Crippen LogP contribution is -2.40. The van der Waals surface area contributed by atoms with E-state index in [0.29, 0.717) is 25.4 Å². The summed E-state index contributed by atoms with van der Waals surface area (Å²) in [5.74, 6) is -0.113. The Labute approximate surface area is 104 Å². The zero-order valence-electron chi connectivity index (χ0n) is 10.9. The highest BCUT2D eigenvalue weighted by atomic mass is 16.2. The molecule has 5 heteroatoms. The van der Waals surface area contributed by atoms with Crippen molar-refractivity contribution in [3.63, 3.8) is 0 Å². The van der Waals surface area contributed by atoms with Crippen LogP contribution in [0.1, 0.15) is 39.5 Å². The van der Waals surface area contributed by atoms with Gasteiger partial charge in [0.15, 0.2) is 0 Å². The largest absolute Gasteiger partial charge is 0.368 e. The van der Waals surface area contributed by atoms with Crippen molar-refractivity contribution < 1.29 is 9.59 Å². The molecule has 0 atom stereocenters. The van der Waals surface area contributed by atoms with Crippen molar-refractivity contribution in [2.45, 2.75) is 39.5 Å². The zero-order valence-corrected chi connectivity index (χ0v) is 10.9. The zero-order chi connectivity index (χ0) is 13.3. The first kappa shape index (κ1) is 15.9. The summed E-state index contributed by atoms with van der Waals surface area (Å²) >= 11 is 0. The van der Waals surface area contributed by atoms with Gasteiger partial charge in [0.1, 0.15) is 0 Å². The minimum Gasteiger partial charge on any atom is -0.368 e. The summed E-state index contributed by atoms with van der Waals surface area (Å²) in [6.45, 7) is 5.28. The SMILES string of the molecule is CC(C)CN(CC(N)=O)C(=O)CCCCCN. The molecule has 0 bridgehead atoms. The van der Waals surface area contributed by atoms with Crippen molar-refractivity contribution >= 4 is 11.8 Å². The average Bonchev–Trinajstić information content (AvgIpc) is 2.22. The molecule has 0 saturated heterocycles. The molecule has 0 radical (unpaired) electrons. The molecular weight excluding hydrogens is 218 g/mol. The van der Waals surface area contributed by atoms with Crippen LogP contribution in [-0.4, -0.2) is 36.3 Å². The lowest BCUT2D eigenvalue weighted by Gasteiger charge is -2.23. The van der Waals surface area contributed by atoms with E-state index in [1.54, 1.807) is 4.90 Å². The lowest BCUT2D eigenvalue weighted by molar-refractivity contribution is -0.135. The molecule has 0 aliphatic carbocycles. The van der Waals surface area contributed by atoms with Crippen molar-refractivity contribution in [2.75, 3.05) is 19.6 Å². The van der Waals surface area contributed by atoms with E-state index in [2.05, 4.69) is 0 Å². The highest BCUT2D eigenvalue weighted by Gasteiger charge is 2.16. The molecule has 5 nitrogen and oxygen atoms in total. The van der Waals surface area contributed by atoms with Crippen LogP contribution in [0.2, 0.25) is 0 Å². The van der Waals surface area contributed by atoms with Crippen molar-refractivity contribution in [3.05, 3.63) is 0 Å². The maximum atomic E-state index is 11.9. The summed E-state index contributed by atoms with van der Waals surface area (Å²) in [4.78, 5) is 24.3. The first-order valence-corrected chi connectivity index (χ1v) is 6.23. The van der Waals surface area contributed by atoms with E-state index in [1.807, 2.05) is 13.8 Å². The second kappa shape index (κ2) is 8.98. The Morgan fingerprint density at radius 3 is 2.29 bits per heavy atom. The number of hydrogen-bond acceptors (Lipinski definition) is 3. The topological polar surface area (TPSA) is 89.4 Å². The van der Waals surface area contributed by atoms with Gasteiger partial charge >= 0.3 is 0 Å². The van der Waals surface area contributed by atoms with Crippen LogP contribution in [-0.2, 0) is 9.59 Å². The summed E-state index contributed by atoms with van der Waals surface area (Å²) in [5.41, 5.74) is 10.5. The fourth-order valence-corrected chi connectivity index (χ4v) is 1.64. The van der Waals surface area contributed by atoms with Gasteiger partial charge in [-0.2, -0.15) is 0 Å². The van der Waals surface area contributed by atoms with E-state index in [-0.39, 0.29) is 12.5 Å². The predicted octanol–water partition coefficient (Wildman–Crippen LogP) is 0.475. The van der Waals surface area contributed by atoms with Gasteiger partial charge in [0.25, 0.3) is 0 Å². The number of nitrogens with two attached hydrogens (primary N) is 2. The van der Waals surface area contributed by atoms with Gasteiger partial charge in [-0.3, -0.25) is 9.59 Å². The van der Waals surface area contributed by atoms with Gasteiger partial charge in [0.05, 0.1) is 6.54 Å². The Hall–Kier alpha value is -1.10. The molecule has 0 unspecified atom stereocenters. The number of rotatable bonds is 9. The lowest BCUT2D eigenvalue weighted by atomic mass is 10.1. The minimum atomic E-state index is -0.457. The van der Waals surface area contributed by atoms with Gasteiger partial charge in [-0.15, -0.1) is 0 Å². The Bertz CT molecular complexity index is 242. The molecule has 0 aromatic rings. The van der Waals surface area contributed by atoms with Crippen molar-refractivity contribution in [1.29, 1.82) is 0 Å². The monoisotopic (exact) mass is 243 g/mol. The first-order chi connectivity index (χ1) is 7.97. The number of unbranched alkanes of at least 4 members (excludes halogenated alkanes) is 2.